The Kier molecular flexibility index (Phi) is 3.00. The van der Waals surface area contributed by atoms with Gasteiger partial charge in [0.25, 0.3) is 0 Å². The fraction of sp³-hybridized carbons (Fsp3) is 0.333. The number of rotatable bonds is 3. The first-order valence-corrected chi connectivity index (χ1v) is 7.10. The van der Waals surface area contributed by atoms with Crippen LogP contribution in [0, 0.1) is 0 Å². The predicted molar refractivity (Wildman–Crippen MR) is 73.4 cm³/mol. The van der Waals surface area contributed by atoms with Crippen LogP contribution < -0.4 is 5.32 Å². The lowest BCUT2D eigenvalue weighted by atomic mass is 10.1. The molecule has 1 N–H and O–H groups in total. The van der Waals surface area contributed by atoms with E-state index < -0.39 is 0 Å². The average Bonchev–Trinajstić information content (AvgIpc) is 2.98. The molecular weight excluding hydrogens is 226 g/mol. The summed E-state index contributed by atoms with van der Waals surface area (Å²) >= 11 is 1.83. The molecule has 0 amide bonds. The second-order valence-electron chi connectivity index (χ2n) is 4.69. The van der Waals surface area contributed by atoms with Crippen LogP contribution in [-0.4, -0.2) is 0 Å². The van der Waals surface area contributed by atoms with Crippen molar-refractivity contribution in [3.05, 3.63) is 57.8 Å². The van der Waals surface area contributed by atoms with Gasteiger partial charge in [-0.05, 0) is 42.3 Å². The maximum absolute atomic E-state index is 3.75. The summed E-state index contributed by atoms with van der Waals surface area (Å²) in [5, 5.41) is 5.90. The normalized spacial score (nSPS) is 20.2. The van der Waals surface area contributed by atoms with E-state index in [0.717, 1.165) is 0 Å². The molecule has 1 aliphatic rings. The Labute approximate surface area is 106 Å². The first-order valence-electron chi connectivity index (χ1n) is 6.22. The number of aryl methyl sites for hydroxylation is 1. The fourth-order valence-electron chi connectivity index (χ4n) is 2.65. The molecule has 2 unspecified atom stereocenters. The molecule has 2 atom stereocenters. The molecule has 0 aliphatic heterocycles. The summed E-state index contributed by atoms with van der Waals surface area (Å²) in [5.41, 5.74) is 3.01. The maximum atomic E-state index is 3.75. The van der Waals surface area contributed by atoms with Crippen LogP contribution in [0.4, 0.5) is 0 Å². The number of benzene rings is 1. The summed E-state index contributed by atoms with van der Waals surface area (Å²) in [7, 11) is 0. The van der Waals surface area contributed by atoms with Crippen molar-refractivity contribution < 1.29 is 0 Å². The topological polar surface area (TPSA) is 12.0 Å². The van der Waals surface area contributed by atoms with Crippen molar-refractivity contribution in [1.82, 2.24) is 5.32 Å². The van der Waals surface area contributed by atoms with E-state index in [1.54, 1.807) is 0 Å². The summed E-state index contributed by atoms with van der Waals surface area (Å²) in [4.78, 5) is 1.43. The van der Waals surface area contributed by atoms with Crippen LogP contribution in [0.15, 0.2) is 41.8 Å². The molecule has 0 fully saturated rings. The number of fused-ring (bicyclic) bond motifs is 1. The number of thiophene rings is 1. The Bertz CT molecular complexity index is 489. The van der Waals surface area contributed by atoms with E-state index in [-0.39, 0.29) is 0 Å². The SMILES string of the molecule is CC(NC1CCc2ccccc21)c1cccs1. The molecule has 0 radical (unpaired) electrons. The Morgan fingerprint density at radius 1 is 1.24 bits per heavy atom. The minimum Gasteiger partial charge on any atom is -0.303 e. The molecule has 88 valence electrons. The van der Waals surface area contributed by atoms with Crippen LogP contribution in [0.2, 0.25) is 0 Å². The van der Waals surface area contributed by atoms with Crippen molar-refractivity contribution >= 4 is 11.3 Å². The van der Waals surface area contributed by atoms with Crippen LogP contribution in [0.5, 0.6) is 0 Å². The summed E-state index contributed by atoms with van der Waals surface area (Å²) < 4.78 is 0. The Morgan fingerprint density at radius 2 is 2.12 bits per heavy atom. The van der Waals surface area contributed by atoms with Gasteiger partial charge >= 0.3 is 0 Å². The highest BCUT2D eigenvalue weighted by molar-refractivity contribution is 7.10. The van der Waals surface area contributed by atoms with Gasteiger partial charge in [0.05, 0.1) is 0 Å². The molecule has 2 heteroatoms. The lowest BCUT2D eigenvalue weighted by Gasteiger charge is -2.19. The van der Waals surface area contributed by atoms with Gasteiger partial charge < -0.3 is 5.32 Å². The highest BCUT2D eigenvalue weighted by Crippen LogP contribution is 2.33. The largest absolute Gasteiger partial charge is 0.303 e. The second-order valence-corrected chi connectivity index (χ2v) is 5.67. The van der Waals surface area contributed by atoms with E-state index in [4.69, 9.17) is 0 Å². The molecule has 17 heavy (non-hydrogen) atoms. The zero-order chi connectivity index (χ0) is 11.7. The van der Waals surface area contributed by atoms with Gasteiger partial charge in [0, 0.05) is 17.0 Å². The fourth-order valence-corrected chi connectivity index (χ4v) is 3.40. The monoisotopic (exact) mass is 243 g/mol. The highest BCUT2D eigenvalue weighted by Gasteiger charge is 2.23. The molecule has 0 spiro atoms. The lowest BCUT2D eigenvalue weighted by Crippen LogP contribution is -2.22. The molecule has 1 nitrogen and oxygen atoms in total. The van der Waals surface area contributed by atoms with Gasteiger partial charge in [0.15, 0.2) is 0 Å². The second kappa shape index (κ2) is 4.63. The minimum absolute atomic E-state index is 0.450. The zero-order valence-electron chi connectivity index (χ0n) is 10.0. The minimum atomic E-state index is 0.450. The van der Waals surface area contributed by atoms with Crippen LogP contribution in [0.1, 0.15) is 41.4 Å². The number of nitrogens with one attached hydrogen (secondary N) is 1. The van der Waals surface area contributed by atoms with Gasteiger partial charge in [-0.1, -0.05) is 30.3 Å². The van der Waals surface area contributed by atoms with Crippen LogP contribution >= 0.6 is 11.3 Å². The summed E-state index contributed by atoms with van der Waals surface area (Å²) in [6.07, 6.45) is 2.44. The summed E-state index contributed by atoms with van der Waals surface area (Å²) in [6.45, 7) is 2.26. The predicted octanol–water partition coefficient (Wildman–Crippen LogP) is 4.09. The van der Waals surface area contributed by atoms with Gasteiger partial charge in [-0.15, -0.1) is 11.3 Å². The molecule has 0 bridgehead atoms. The van der Waals surface area contributed by atoms with Crippen LogP contribution in [0.25, 0.3) is 0 Å². The van der Waals surface area contributed by atoms with E-state index in [1.807, 2.05) is 11.3 Å². The third kappa shape index (κ3) is 2.15. The average molecular weight is 243 g/mol. The van der Waals surface area contributed by atoms with Gasteiger partial charge in [0.1, 0.15) is 0 Å². The molecular formula is C15H17NS. The van der Waals surface area contributed by atoms with Crippen LogP contribution in [-0.2, 0) is 6.42 Å². The van der Waals surface area contributed by atoms with Gasteiger partial charge in [-0.3, -0.25) is 0 Å². The number of hydrogen-bond donors (Lipinski definition) is 1. The highest BCUT2D eigenvalue weighted by atomic mass is 32.1. The smallest absolute Gasteiger partial charge is 0.0391 e. The molecule has 3 rings (SSSR count). The maximum Gasteiger partial charge on any atom is 0.0391 e. The van der Waals surface area contributed by atoms with E-state index >= 15 is 0 Å². The molecule has 0 saturated heterocycles. The quantitative estimate of drug-likeness (QED) is 0.856. The van der Waals surface area contributed by atoms with E-state index in [9.17, 15) is 0 Å². The molecule has 0 saturated carbocycles. The summed E-state index contributed by atoms with van der Waals surface area (Å²) in [5.74, 6) is 0. The first kappa shape index (κ1) is 11.0. The Balaban J connectivity index is 1.75. The first-order chi connectivity index (χ1) is 8.34. The van der Waals surface area contributed by atoms with Gasteiger partial charge in [-0.25, -0.2) is 0 Å². The van der Waals surface area contributed by atoms with Crippen molar-refractivity contribution in [2.75, 3.05) is 0 Å². The zero-order valence-corrected chi connectivity index (χ0v) is 10.8. The van der Waals surface area contributed by atoms with E-state index in [1.165, 1.54) is 28.8 Å². The number of hydrogen-bond acceptors (Lipinski definition) is 2. The lowest BCUT2D eigenvalue weighted by molar-refractivity contribution is 0.469. The summed E-state index contributed by atoms with van der Waals surface area (Å²) in [6, 6.07) is 14.1. The van der Waals surface area contributed by atoms with Gasteiger partial charge in [0.2, 0.25) is 0 Å². The van der Waals surface area contributed by atoms with Crippen molar-refractivity contribution in [2.45, 2.75) is 31.8 Å². The van der Waals surface area contributed by atoms with Gasteiger partial charge in [-0.2, -0.15) is 0 Å². The Hall–Kier alpha value is -1.12. The van der Waals surface area contributed by atoms with E-state index in [2.05, 4.69) is 54.0 Å². The molecule has 1 aromatic carbocycles. The Morgan fingerprint density at radius 3 is 2.94 bits per heavy atom. The molecule has 1 aromatic heterocycles. The standard InChI is InChI=1S/C15H17NS/c1-11(15-7-4-10-17-15)16-14-9-8-12-5-2-3-6-13(12)14/h2-7,10-11,14,16H,8-9H2,1H3. The van der Waals surface area contributed by atoms with E-state index in [0.29, 0.717) is 12.1 Å². The third-order valence-corrected chi connectivity index (χ3v) is 4.61. The van der Waals surface area contributed by atoms with Crippen molar-refractivity contribution in [1.29, 1.82) is 0 Å². The van der Waals surface area contributed by atoms with Crippen LogP contribution in [0.3, 0.4) is 0 Å². The molecule has 1 heterocycles. The van der Waals surface area contributed by atoms with Crippen molar-refractivity contribution in [3.8, 4) is 0 Å². The molecule has 1 aliphatic carbocycles. The third-order valence-electron chi connectivity index (χ3n) is 3.55. The van der Waals surface area contributed by atoms with Crippen molar-refractivity contribution in [3.63, 3.8) is 0 Å². The molecule has 2 aromatic rings. The van der Waals surface area contributed by atoms with Crippen molar-refractivity contribution in [2.24, 2.45) is 0 Å².